The number of nitrogens with two attached hydrogens (primary N) is 1. The van der Waals surface area contributed by atoms with Crippen molar-refractivity contribution in [3.05, 3.63) is 33.8 Å². The summed E-state index contributed by atoms with van der Waals surface area (Å²) in [7, 11) is 0. The standard InChI is InChI=1S/C19H25Cl2N5O5/c1-9(2)16(22)17(29)24-13(18(30)31)6-7-14(27)25-19(23)26-15(28)8-10-11(20)4-3-5-12(10)21/h3-5,9,13,16H,6-8,22H2,1-2H3,(H,24,29)(H,30,31)(H3,23,25,26,27,28)/t13-,16?/m0/s1. The number of nitrogens with one attached hydrogen (secondary N) is 4. The number of amides is 3. The Hall–Kier alpha value is -2.69. The maximum absolute atomic E-state index is 12.0. The van der Waals surface area contributed by atoms with Gasteiger partial charge in [-0.3, -0.25) is 30.4 Å². The minimum atomic E-state index is -1.32. The number of carboxylic acid groups (broad SMARTS) is 1. The van der Waals surface area contributed by atoms with Gasteiger partial charge in [0.2, 0.25) is 23.7 Å². The maximum Gasteiger partial charge on any atom is 0.326 e. The molecule has 0 aromatic heterocycles. The highest BCUT2D eigenvalue weighted by Crippen LogP contribution is 2.24. The van der Waals surface area contributed by atoms with E-state index in [-0.39, 0.29) is 35.2 Å². The Balaban J connectivity index is 2.53. The fourth-order valence-electron chi connectivity index (χ4n) is 2.38. The Morgan fingerprint density at radius 2 is 1.65 bits per heavy atom. The molecule has 7 N–H and O–H groups in total. The van der Waals surface area contributed by atoms with Gasteiger partial charge in [-0.2, -0.15) is 0 Å². The minimum absolute atomic E-state index is 0.192. The van der Waals surface area contributed by atoms with Crippen molar-refractivity contribution in [1.82, 2.24) is 16.0 Å². The Morgan fingerprint density at radius 3 is 2.16 bits per heavy atom. The van der Waals surface area contributed by atoms with Gasteiger partial charge in [-0.1, -0.05) is 43.1 Å². The molecule has 0 fully saturated rings. The maximum atomic E-state index is 12.0. The van der Waals surface area contributed by atoms with Crippen LogP contribution in [-0.4, -0.2) is 46.8 Å². The number of aliphatic carboxylic acids is 1. The Kier molecular flexibility index (Phi) is 10.4. The molecule has 3 amide bonds. The van der Waals surface area contributed by atoms with Crippen LogP contribution in [0.15, 0.2) is 18.2 Å². The van der Waals surface area contributed by atoms with E-state index in [1.165, 1.54) is 0 Å². The van der Waals surface area contributed by atoms with E-state index in [2.05, 4.69) is 16.0 Å². The molecule has 0 spiro atoms. The van der Waals surface area contributed by atoms with Gasteiger partial charge < -0.3 is 16.2 Å². The van der Waals surface area contributed by atoms with E-state index in [0.29, 0.717) is 5.56 Å². The Labute approximate surface area is 189 Å². The molecule has 0 aliphatic rings. The van der Waals surface area contributed by atoms with Crippen LogP contribution in [0.5, 0.6) is 0 Å². The van der Waals surface area contributed by atoms with Crippen LogP contribution in [0.25, 0.3) is 0 Å². The van der Waals surface area contributed by atoms with E-state index in [4.69, 9.17) is 34.3 Å². The molecular formula is C19H25Cl2N5O5. The van der Waals surface area contributed by atoms with Gasteiger partial charge in [-0.05, 0) is 30.0 Å². The molecule has 10 nitrogen and oxygen atoms in total. The summed E-state index contributed by atoms with van der Waals surface area (Å²) in [6.07, 6.45) is -0.753. The van der Waals surface area contributed by atoms with Crippen molar-refractivity contribution in [2.45, 2.75) is 45.2 Å². The van der Waals surface area contributed by atoms with Gasteiger partial charge in [0.25, 0.3) is 0 Å². The molecule has 170 valence electrons. The zero-order valence-corrected chi connectivity index (χ0v) is 18.5. The molecule has 0 saturated carbocycles. The predicted molar refractivity (Wildman–Crippen MR) is 116 cm³/mol. The van der Waals surface area contributed by atoms with Gasteiger partial charge in [0.1, 0.15) is 6.04 Å². The average Bonchev–Trinajstić information content (AvgIpc) is 2.66. The second-order valence-corrected chi connectivity index (χ2v) is 7.87. The summed E-state index contributed by atoms with van der Waals surface area (Å²) >= 11 is 12.0. The average molecular weight is 474 g/mol. The number of hydrogen-bond acceptors (Lipinski definition) is 6. The van der Waals surface area contributed by atoms with Gasteiger partial charge >= 0.3 is 5.97 Å². The van der Waals surface area contributed by atoms with Gasteiger partial charge in [-0.25, -0.2) is 4.79 Å². The van der Waals surface area contributed by atoms with Crippen molar-refractivity contribution >= 4 is 52.9 Å². The predicted octanol–water partition coefficient (Wildman–Crippen LogP) is 1.04. The topological polar surface area (TPSA) is 174 Å². The molecular weight excluding hydrogens is 449 g/mol. The fraction of sp³-hybridized carbons (Fsp3) is 0.421. The van der Waals surface area contributed by atoms with Crippen LogP contribution < -0.4 is 21.7 Å². The fourth-order valence-corrected chi connectivity index (χ4v) is 2.91. The van der Waals surface area contributed by atoms with Crippen molar-refractivity contribution in [1.29, 1.82) is 5.41 Å². The zero-order valence-electron chi connectivity index (χ0n) is 17.0. The molecule has 0 bridgehead atoms. The number of halogens is 2. The first-order chi connectivity index (χ1) is 14.4. The number of carbonyl (C=O) groups excluding carboxylic acids is 3. The van der Waals surface area contributed by atoms with Crippen molar-refractivity contribution in [2.24, 2.45) is 11.7 Å². The van der Waals surface area contributed by atoms with Gasteiger partial charge in [-0.15, -0.1) is 0 Å². The normalized spacial score (nSPS) is 12.6. The molecule has 0 saturated heterocycles. The van der Waals surface area contributed by atoms with Crippen molar-refractivity contribution in [2.75, 3.05) is 0 Å². The van der Waals surface area contributed by atoms with Crippen LogP contribution in [0.3, 0.4) is 0 Å². The molecule has 2 atom stereocenters. The number of rotatable bonds is 9. The van der Waals surface area contributed by atoms with Crippen molar-refractivity contribution in [3.63, 3.8) is 0 Å². The molecule has 1 aromatic carbocycles. The number of carbonyl (C=O) groups is 4. The highest BCUT2D eigenvalue weighted by atomic mass is 35.5. The second kappa shape index (κ2) is 12.2. The van der Waals surface area contributed by atoms with Crippen molar-refractivity contribution in [3.8, 4) is 0 Å². The summed E-state index contributed by atoms with van der Waals surface area (Å²) in [6, 6.07) is 2.54. The summed E-state index contributed by atoms with van der Waals surface area (Å²) in [5.41, 5.74) is 6.06. The third kappa shape index (κ3) is 8.91. The van der Waals surface area contributed by atoms with Crippen LogP contribution in [-0.2, 0) is 25.6 Å². The van der Waals surface area contributed by atoms with Gasteiger partial charge in [0.05, 0.1) is 12.5 Å². The first-order valence-electron chi connectivity index (χ1n) is 9.32. The lowest BCUT2D eigenvalue weighted by atomic mass is 10.0. The lowest BCUT2D eigenvalue weighted by Gasteiger charge is -2.19. The first-order valence-corrected chi connectivity index (χ1v) is 10.1. The van der Waals surface area contributed by atoms with Crippen LogP contribution >= 0.6 is 23.2 Å². The quantitative estimate of drug-likeness (QED) is 0.230. The SMILES string of the molecule is CC(C)C(N)C(=O)N[C@@H](CCC(=O)NC(=N)NC(=O)Cc1c(Cl)cccc1Cl)C(=O)O. The number of guanidine groups is 1. The van der Waals surface area contributed by atoms with E-state index < -0.39 is 41.7 Å². The molecule has 0 aliphatic carbocycles. The second-order valence-electron chi connectivity index (χ2n) is 7.06. The summed E-state index contributed by atoms with van der Waals surface area (Å²) in [5.74, 6) is -4.08. The Morgan fingerprint density at radius 1 is 1.10 bits per heavy atom. The molecule has 12 heteroatoms. The third-order valence-corrected chi connectivity index (χ3v) is 4.93. The molecule has 1 aromatic rings. The number of hydrogen-bond donors (Lipinski definition) is 6. The molecule has 0 radical (unpaired) electrons. The van der Waals surface area contributed by atoms with E-state index >= 15 is 0 Å². The lowest BCUT2D eigenvalue weighted by Crippen LogP contribution is -2.50. The van der Waals surface area contributed by atoms with E-state index in [0.717, 1.165) is 0 Å². The van der Waals surface area contributed by atoms with E-state index in [9.17, 15) is 24.3 Å². The van der Waals surface area contributed by atoms with Gasteiger partial charge in [0.15, 0.2) is 0 Å². The molecule has 31 heavy (non-hydrogen) atoms. The molecule has 1 rings (SSSR count). The van der Waals surface area contributed by atoms with Crippen LogP contribution in [0.2, 0.25) is 10.0 Å². The van der Waals surface area contributed by atoms with Crippen LogP contribution in [0.1, 0.15) is 32.3 Å². The minimum Gasteiger partial charge on any atom is -0.480 e. The molecule has 0 heterocycles. The lowest BCUT2D eigenvalue weighted by molar-refractivity contribution is -0.142. The zero-order chi connectivity index (χ0) is 23.7. The largest absolute Gasteiger partial charge is 0.480 e. The van der Waals surface area contributed by atoms with Crippen molar-refractivity contribution < 1.29 is 24.3 Å². The molecule has 1 unspecified atom stereocenters. The number of carboxylic acids is 1. The van der Waals surface area contributed by atoms with Crippen LogP contribution in [0.4, 0.5) is 0 Å². The monoisotopic (exact) mass is 473 g/mol. The van der Waals surface area contributed by atoms with E-state index in [1.807, 2.05) is 0 Å². The first kappa shape index (κ1) is 26.3. The third-order valence-electron chi connectivity index (χ3n) is 4.22. The van der Waals surface area contributed by atoms with Crippen LogP contribution in [0, 0.1) is 11.3 Å². The van der Waals surface area contributed by atoms with Gasteiger partial charge in [0, 0.05) is 16.5 Å². The highest BCUT2D eigenvalue weighted by Gasteiger charge is 2.25. The van der Waals surface area contributed by atoms with E-state index in [1.54, 1.807) is 32.0 Å². The molecule has 0 aliphatic heterocycles. The Bertz CT molecular complexity index is 842. The smallest absolute Gasteiger partial charge is 0.326 e. The number of benzene rings is 1. The highest BCUT2D eigenvalue weighted by molar-refractivity contribution is 6.36. The summed E-state index contributed by atoms with van der Waals surface area (Å²) in [5, 5.41) is 24.1. The summed E-state index contributed by atoms with van der Waals surface area (Å²) in [4.78, 5) is 47.3. The summed E-state index contributed by atoms with van der Waals surface area (Å²) < 4.78 is 0. The summed E-state index contributed by atoms with van der Waals surface area (Å²) in [6.45, 7) is 3.43.